The van der Waals surface area contributed by atoms with Crippen LogP contribution in [0, 0.1) is 0 Å². The maximum absolute atomic E-state index is 4.06. The van der Waals surface area contributed by atoms with Gasteiger partial charge >= 0.3 is 0 Å². The molecular weight excluding hydrogens is 124 g/mol. The molecule has 1 aromatic heterocycles. The molecule has 2 bridgehead atoms. The minimum Gasteiger partial charge on any atom is -0.282 e. The average molecular weight is 134 g/mol. The quantitative estimate of drug-likeness (QED) is 0.575. The van der Waals surface area contributed by atoms with E-state index in [0.29, 0.717) is 0 Å². The van der Waals surface area contributed by atoms with E-state index >= 15 is 0 Å². The first-order chi connectivity index (χ1) is 4.95. The summed E-state index contributed by atoms with van der Waals surface area (Å²) in [6.45, 7) is 0. The third kappa shape index (κ3) is 0.405. The highest BCUT2D eigenvalue weighted by Crippen LogP contribution is 2.51. The number of aromatic nitrogens is 2. The fraction of sp³-hybridized carbons (Fsp3) is 0.625. The third-order valence-corrected chi connectivity index (χ3v) is 2.98. The molecule has 1 fully saturated rings. The van der Waals surface area contributed by atoms with Crippen molar-refractivity contribution in [3.8, 4) is 0 Å². The molecule has 2 atom stereocenters. The van der Waals surface area contributed by atoms with Crippen molar-refractivity contribution >= 4 is 0 Å². The van der Waals surface area contributed by atoms with Crippen LogP contribution in [-0.4, -0.2) is 10.2 Å². The summed E-state index contributed by atoms with van der Waals surface area (Å²) in [6.07, 6.45) is 6.19. The second-order valence-corrected chi connectivity index (χ2v) is 3.45. The van der Waals surface area contributed by atoms with Gasteiger partial charge in [-0.25, -0.2) is 0 Å². The van der Waals surface area contributed by atoms with Gasteiger partial charge < -0.3 is 0 Å². The van der Waals surface area contributed by atoms with Crippen LogP contribution >= 0.6 is 0 Å². The fourth-order valence-electron chi connectivity index (χ4n) is 2.48. The molecule has 0 unspecified atom stereocenters. The normalized spacial score (nSPS) is 34.8. The number of rotatable bonds is 0. The van der Waals surface area contributed by atoms with E-state index in [9.17, 15) is 0 Å². The van der Waals surface area contributed by atoms with Crippen LogP contribution in [0.4, 0.5) is 0 Å². The topological polar surface area (TPSA) is 28.7 Å². The standard InChI is InChI=1S/C8H10N2/c1-2-6-3-5(1)7-4-9-10-8(6)7/h4-6H,1-3H2,(H,9,10)/t5-,6+/m0/s1. The van der Waals surface area contributed by atoms with Crippen LogP contribution in [0.5, 0.6) is 0 Å². The van der Waals surface area contributed by atoms with Gasteiger partial charge in [0.15, 0.2) is 0 Å². The average Bonchev–Trinajstić information content (AvgIpc) is 2.60. The molecule has 1 N–H and O–H groups in total. The Morgan fingerprint density at radius 1 is 1.40 bits per heavy atom. The minimum atomic E-state index is 0.836. The number of hydrogen-bond acceptors (Lipinski definition) is 1. The van der Waals surface area contributed by atoms with Gasteiger partial charge in [0, 0.05) is 11.6 Å². The lowest BCUT2D eigenvalue weighted by Crippen LogP contribution is -1.94. The summed E-state index contributed by atoms with van der Waals surface area (Å²) >= 11 is 0. The predicted octanol–water partition coefficient (Wildman–Crippen LogP) is 1.77. The van der Waals surface area contributed by atoms with Crippen molar-refractivity contribution < 1.29 is 0 Å². The highest BCUT2D eigenvalue weighted by atomic mass is 15.1. The summed E-state index contributed by atoms with van der Waals surface area (Å²) < 4.78 is 0. The molecule has 2 nitrogen and oxygen atoms in total. The number of hydrogen-bond donors (Lipinski definition) is 1. The van der Waals surface area contributed by atoms with Crippen LogP contribution in [0.25, 0.3) is 0 Å². The van der Waals surface area contributed by atoms with E-state index in [1.807, 2.05) is 6.20 Å². The number of nitrogens with one attached hydrogen (secondary N) is 1. The Kier molecular flexibility index (Phi) is 0.712. The molecule has 2 aliphatic rings. The highest BCUT2D eigenvalue weighted by molar-refractivity contribution is 5.34. The summed E-state index contributed by atoms with van der Waals surface area (Å²) in [4.78, 5) is 0. The fourth-order valence-corrected chi connectivity index (χ4v) is 2.48. The number of nitrogens with zero attached hydrogens (tertiary/aromatic N) is 1. The van der Waals surface area contributed by atoms with Crippen LogP contribution in [0.1, 0.15) is 42.4 Å². The van der Waals surface area contributed by atoms with Gasteiger partial charge in [0.2, 0.25) is 0 Å². The Hall–Kier alpha value is -0.790. The zero-order chi connectivity index (χ0) is 6.55. The molecule has 1 aromatic rings. The highest BCUT2D eigenvalue weighted by Gasteiger charge is 2.38. The maximum atomic E-state index is 4.06. The van der Waals surface area contributed by atoms with E-state index in [-0.39, 0.29) is 0 Å². The van der Waals surface area contributed by atoms with Gasteiger partial charge in [-0.05, 0) is 30.7 Å². The van der Waals surface area contributed by atoms with Gasteiger partial charge in [-0.1, -0.05) is 0 Å². The molecule has 2 heteroatoms. The number of H-pyrrole nitrogens is 1. The van der Waals surface area contributed by atoms with Gasteiger partial charge in [0.05, 0.1) is 6.20 Å². The Balaban J connectivity index is 2.25. The van der Waals surface area contributed by atoms with E-state index in [1.54, 1.807) is 0 Å². The monoisotopic (exact) mass is 134 g/mol. The van der Waals surface area contributed by atoms with Crippen molar-refractivity contribution in [3.05, 3.63) is 17.5 Å². The molecule has 1 heterocycles. The summed E-state index contributed by atoms with van der Waals surface area (Å²) in [7, 11) is 0. The molecule has 0 aliphatic heterocycles. The van der Waals surface area contributed by atoms with Crippen molar-refractivity contribution in [2.45, 2.75) is 31.1 Å². The van der Waals surface area contributed by atoms with Crippen molar-refractivity contribution in [3.63, 3.8) is 0 Å². The Morgan fingerprint density at radius 2 is 2.30 bits per heavy atom. The lowest BCUT2D eigenvalue weighted by molar-refractivity contribution is 0.700. The summed E-state index contributed by atoms with van der Waals surface area (Å²) in [6, 6.07) is 0. The van der Waals surface area contributed by atoms with Crippen LogP contribution in [0.3, 0.4) is 0 Å². The number of aromatic amines is 1. The molecule has 0 amide bonds. The molecule has 0 radical (unpaired) electrons. The van der Waals surface area contributed by atoms with Gasteiger partial charge in [-0.2, -0.15) is 5.10 Å². The van der Waals surface area contributed by atoms with Gasteiger partial charge in [-0.3, -0.25) is 5.10 Å². The van der Waals surface area contributed by atoms with Crippen molar-refractivity contribution in [1.29, 1.82) is 0 Å². The summed E-state index contributed by atoms with van der Waals surface area (Å²) in [5, 5.41) is 7.16. The maximum Gasteiger partial charge on any atom is 0.0525 e. The van der Waals surface area contributed by atoms with E-state index in [4.69, 9.17) is 0 Å². The Bertz CT molecular complexity index is 239. The smallest absolute Gasteiger partial charge is 0.0525 e. The van der Waals surface area contributed by atoms with Crippen LogP contribution in [-0.2, 0) is 0 Å². The van der Waals surface area contributed by atoms with Crippen LogP contribution in [0.15, 0.2) is 6.20 Å². The largest absolute Gasteiger partial charge is 0.282 e. The number of fused-ring (bicyclic) bond motifs is 5. The van der Waals surface area contributed by atoms with E-state index < -0.39 is 0 Å². The van der Waals surface area contributed by atoms with Gasteiger partial charge in [-0.15, -0.1) is 0 Å². The van der Waals surface area contributed by atoms with E-state index in [1.165, 1.54) is 30.5 Å². The molecule has 0 spiro atoms. The minimum absolute atomic E-state index is 0.836. The molecule has 0 saturated heterocycles. The zero-order valence-electron chi connectivity index (χ0n) is 5.80. The van der Waals surface area contributed by atoms with Crippen LogP contribution < -0.4 is 0 Å². The molecular formula is C8H10N2. The summed E-state index contributed by atoms with van der Waals surface area (Å²) in [5.74, 6) is 1.70. The lowest BCUT2D eigenvalue weighted by atomic mass is 9.99. The second-order valence-electron chi connectivity index (χ2n) is 3.45. The SMILES string of the molecule is c1n[nH]c2c1[C@H]1CC[C@@H]2C1. The van der Waals surface area contributed by atoms with Crippen molar-refractivity contribution in [2.75, 3.05) is 0 Å². The van der Waals surface area contributed by atoms with Crippen molar-refractivity contribution in [1.82, 2.24) is 10.2 Å². The van der Waals surface area contributed by atoms with Crippen molar-refractivity contribution in [2.24, 2.45) is 0 Å². The lowest BCUT2D eigenvalue weighted by Gasteiger charge is -2.07. The molecule has 1 saturated carbocycles. The molecule has 2 aliphatic carbocycles. The Labute approximate surface area is 59.6 Å². The summed E-state index contributed by atoms with van der Waals surface area (Å²) in [5.41, 5.74) is 2.95. The molecule has 0 aromatic carbocycles. The van der Waals surface area contributed by atoms with Gasteiger partial charge in [0.25, 0.3) is 0 Å². The van der Waals surface area contributed by atoms with E-state index in [2.05, 4.69) is 10.2 Å². The first-order valence-electron chi connectivity index (χ1n) is 3.98. The van der Waals surface area contributed by atoms with Crippen LogP contribution in [0.2, 0.25) is 0 Å². The first-order valence-corrected chi connectivity index (χ1v) is 3.98. The first kappa shape index (κ1) is 4.94. The predicted molar refractivity (Wildman–Crippen MR) is 37.9 cm³/mol. The zero-order valence-corrected chi connectivity index (χ0v) is 5.80. The van der Waals surface area contributed by atoms with E-state index in [0.717, 1.165) is 11.8 Å². The molecule has 3 rings (SSSR count). The van der Waals surface area contributed by atoms with Gasteiger partial charge in [0.1, 0.15) is 0 Å². The third-order valence-electron chi connectivity index (χ3n) is 2.98. The molecule has 10 heavy (non-hydrogen) atoms. The molecule has 52 valence electrons. The second kappa shape index (κ2) is 1.44. The Morgan fingerprint density at radius 3 is 3.20 bits per heavy atom.